The van der Waals surface area contributed by atoms with Crippen LogP contribution in [0.3, 0.4) is 0 Å². The highest BCUT2D eigenvalue weighted by Crippen LogP contribution is 2.39. The van der Waals surface area contributed by atoms with E-state index in [0.29, 0.717) is 6.42 Å². The van der Waals surface area contributed by atoms with Crippen molar-refractivity contribution in [1.82, 2.24) is 15.1 Å². The molecule has 5 nitrogen and oxygen atoms in total. The number of imide groups is 1. The smallest absolute Gasteiger partial charge is 0.322 e. The molecule has 1 atom stereocenters. The number of hydrogen-bond donors (Lipinski definition) is 1. The predicted octanol–water partition coefficient (Wildman–Crippen LogP) is 4.58. The molecule has 3 heterocycles. The summed E-state index contributed by atoms with van der Waals surface area (Å²) in [6.45, 7) is 2.74. The van der Waals surface area contributed by atoms with Crippen LogP contribution in [0, 0.1) is 11.7 Å². The fraction of sp³-hybridized carbons (Fsp3) is 0.520. The number of urea groups is 1. The van der Waals surface area contributed by atoms with Gasteiger partial charge in [-0.2, -0.15) is 0 Å². The van der Waals surface area contributed by atoms with Gasteiger partial charge < -0.3 is 5.32 Å². The van der Waals surface area contributed by atoms with Crippen LogP contribution in [0.5, 0.6) is 0 Å². The Balaban J connectivity index is 1.38. The van der Waals surface area contributed by atoms with Crippen molar-refractivity contribution in [2.24, 2.45) is 5.92 Å². The summed E-state index contributed by atoms with van der Waals surface area (Å²) in [6.07, 6.45) is 6.04. The van der Waals surface area contributed by atoms with Crippen LogP contribution >= 0.6 is 11.3 Å². The summed E-state index contributed by atoms with van der Waals surface area (Å²) >= 11 is 1.77. The van der Waals surface area contributed by atoms with E-state index in [2.05, 4.69) is 27.7 Å². The molecule has 1 aromatic carbocycles. The van der Waals surface area contributed by atoms with Crippen LogP contribution in [-0.4, -0.2) is 46.4 Å². The molecule has 1 aliphatic carbocycles. The van der Waals surface area contributed by atoms with E-state index in [1.165, 1.54) is 21.9 Å². The van der Waals surface area contributed by atoms with Crippen molar-refractivity contribution < 1.29 is 14.0 Å². The van der Waals surface area contributed by atoms with Crippen LogP contribution in [0.4, 0.5) is 9.18 Å². The highest BCUT2D eigenvalue weighted by Gasteiger charge is 2.57. The lowest BCUT2D eigenvalue weighted by Gasteiger charge is -2.41. The molecule has 7 heteroatoms. The SMILES string of the molecule is O=C1NC(Cc2ccc(F)cc2)(C2CCN(Cc3cccs3)CC2)C(=O)N1C1CCCC1. The van der Waals surface area contributed by atoms with E-state index < -0.39 is 5.54 Å². The predicted molar refractivity (Wildman–Crippen MR) is 123 cm³/mol. The Kier molecular flexibility index (Phi) is 6.03. The maximum absolute atomic E-state index is 13.9. The number of carbonyl (C=O) groups is 2. The zero-order valence-electron chi connectivity index (χ0n) is 18.3. The van der Waals surface area contributed by atoms with Gasteiger partial charge in [0.05, 0.1) is 0 Å². The minimum absolute atomic E-state index is 0.0107. The summed E-state index contributed by atoms with van der Waals surface area (Å²) in [5.74, 6) is -0.301. The molecular weight excluding hydrogens is 425 g/mol. The van der Waals surface area contributed by atoms with Crippen LogP contribution in [0.1, 0.15) is 49.0 Å². The van der Waals surface area contributed by atoms with E-state index in [9.17, 15) is 14.0 Å². The van der Waals surface area contributed by atoms with Crippen LogP contribution in [0.2, 0.25) is 0 Å². The molecule has 2 aromatic rings. The number of carbonyl (C=O) groups excluding carboxylic acids is 2. The first-order valence-electron chi connectivity index (χ1n) is 11.7. The number of nitrogens with one attached hydrogen (secondary N) is 1. The van der Waals surface area contributed by atoms with Crippen LogP contribution in [0.15, 0.2) is 41.8 Å². The lowest BCUT2D eigenvalue weighted by atomic mass is 9.73. The molecule has 2 saturated heterocycles. The zero-order valence-corrected chi connectivity index (χ0v) is 19.1. The second-order valence-corrected chi connectivity index (χ2v) is 10.5. The summed E-state index contributed by atoms with van der Waals surface area (Å²) in [6, 6.07) is 10.3. The molecule has 1 aromatic heterocycles. The second kappa shape index (κ2) is 8.94. The summed E-state index contributed by atoms with van der Waals surface area (Å²) in [4.78, 5) is 32.3. The Morgan fingerprint density at radius 1 is 1.03 bits per heavy atom. The summed E-state index contributed by atoms with van der Waals surface area (Å²) in [5.41, 5.74) is -0.0543. The van der Waals surface area contributed by atoms with Gasteiger partial charge >= 0.3 is 6.03 Å². The number of halogens is 1. The van der Waals surface area contributed by atoms with Gasteiger partial charge in [-0.1, -0.05) is 31.0 Å². The average Bonchev–Trinajstić information content (AvgIpc) is 3.54. The molecule has 1 N–H and O–H groups in total. The first-order valence-corrected chi connectivity index (χ1v) is 12.6. The summed E-state index contributed by atoms with van der Waals surface area (Å²) in [7, 11) is 0. The van der Waals surface area contributed by atoms with Gasteiger partial charge in [-0.25, -0.2) is 9.18 Å². The van der Waals surface area contributed by atoms with Crippen molar-refractivity contribution in [3.05, 3.63) is 58.0 Å². The topological polar surface area (TPSA) is 52.7 Å². The van der Waals surface area contributed by atoms with Crippen molar-refractivity contribution in [3.63, 3.8) is 0 Å². The molecule has 0 spiro atoms. The molecule has 3 aliphatic rings. The third-order valence-electron chi connectivity index (χ3n) is 7.48. The highest BCUT2D eigenvalue weighted by atomic mass is 32.1. The van der Waals surface area contributed by atoms with Gasteiger partial charge in [0.1, 0.15) is 11.4 Å². The van der Waals surface area contributed by atoms with Crippen molar-refractivity contribution in [2.45, 2.75) is 63.1 Å². The Morgan fingerprint density at radius 3 is 2.41 bits per heavy atom. The first-order chi connectivity index (χ1) is 15.5. The fourth-order valence-corrected chi connectivity index (χ4v) is 6.52. The zero-order chi connectivity index (χ0) is 22.1. The molecule has 170 valence electrons. The number of hydrogen-bond acceptors (Lipinski definition) is 4. The van der Waals surface area contributed by atoms with Crippen LogP contribution < -0.4 is 5.32 Å². The molecule has 0 bridgehead atoms. The molecule has 0 radical (unpaired) electrons. The van der Waals surface area contributed by atoms with Gasteiger partial charge in [0.15, 0.2) is 0 Å². The number of nitrogens with zero attached hydrogens (tertiary/aromatic N) is 2. The third-order valence-corrected chi connectivity index (χ3v) is 8.34. The molecule has 1 unspecified atom stereocenters. The summed E-state index contributed by atoms with van der Waals surface area (Å²) in [5, 5.41) is 5.27. The van der Waals surface area contributed by atoms with Gasteiger partial charge in [0, 0.05) is 23.9 Å². The molecule has 2 aliphatic heterocycles. The van der Waals surface area contributed by atoms with Crippen LogP contribution in [-0.2, 0) is 17.8 Å². The minimum Gasteiger partial charge on any atom is -0.322 e. The Hall–Kier alpha value is -2.25. The minimum atomic E-state index is -0.938. The van der Waals surface area contributed by atoms with Gasteiger partial charge in [-0.05, 0) is 73.8 Å². The number of likely N-dealkylation sites (tertiary alicyclic amines) is 1. The van der Waals surface area contributed by atoms with Crippen molar-refractivity contribution in [1.29, 1.82) is 0 Å². The lowest BCUT2D eigenvalue weighted by Crippen LogP contribution is -2.57. The molecular formula is C25H30FN3O2S. The standard InChI is InChI=1S/C25H30FN3O2S/c26-20-9-7-18(8-10-20)16-25(23(30)29(24(31)27-25)21-4-1-2-5-21)19-11-13-28(14-12-19)17-22-6-3-15-32-22/h3,6-10,15,19,21H,1-2,4-5,11-14,16-17H2,(H,27,31). The molecule has 32 heavy (non-hydrogen) atoms. The maximum Gasteiger partial charge on any atom is 0.325 e. The van der Waals surface area contributed by atoms with Crippen molar-refractivity contribution >= 4 is 23.3 Å². The Morgan fingerprint density at radius 2 is 1.75 bits per heavy atom. The second-order valence-electron chi connectivity index (χ2n) is 9.45. The van der Waals surface area contributed by atoms with E-state index in [-0.39, 0.29) is 29.7 Å². The molecule has 3 amide bonds. The fourth-order valence-electron chi connectivity index (χ4n) is 5.78. The van der Waals surface area contributed by atoms with E-state index in [1.54, 1.807) is 23.5 Å². The van der Waals surface area contributed by atoms with E-state index in [0.717, 1.165) is 63.7 Å². The van der Waals surface area contributed by atoms with E-state index in [1.807, 2.05) is 0 Å². The first kappa shape index (κ1) is 21.6. The molecule has 1 saturated carbocycles. The van der Waals surface area contributed by atoms with Crippen molar-refractivity contribution in [3.8, 4) is 0 Å². The number of benzene rings is 1. The van der Waals surface area contributed by atoms with Crippen molar-refractivity contribution in [2.75, 3.05) is 13.1 Å². The van der Waals surface area contributed by atoms with Gasteiger partial charge in [-0.3, -0.25) is 14.6 Å². The third kappa shape index (κ3) is 4.08. The Bertz CT molecular complexity index is 950. The number of thiophene rings is 1. The quantitative estimate of drug-likeness (QED) is 0.649. The monoisotopic (exact) mass is 455 g/mol. The van der Waals surface area contributed by atoms with Crippen LogP contribution in [0.25, 0.3) is 0 Å². The largest absolute Gasteiger partial charge is 0.325 e. The van der Waals surface area contributed by atoms with E-state index in [4.69, 9.17) is 0 Å². The molecule has 5 rings (SSSR count). The average molecular weight is 456 g/mol. The highest BCUT2D eigenvalue weighted by molar-refractivity contribution is 7.09. The lowest BCUT2D eigenvalue weighted by molar-refractivity contribution is -0.135. The number of amides is 3. The van der Waals surface area contributed by atoms with Gasteiger partial charge in [0.25, 0.3) is 5.91 Å². The maximum atomic E-state index is 13.9. The normalized spacial score (nSPS) is 25.6. The van der Waals surface area contributed by atoms with Gasteiger partial charge in [-0.15, -0.1) is 11.3 Å². The van der Waals surface area contributed by atoms with E-state index >= 15 is 0 Å². The Labute approximate surface area is 192 Å². The number of rotatable bonds is 6. The number of piperidine rings is 1. The van der Waals surface area contributed by atoms with Gasteiger partial charge in [0.2, 0.25) is 0 Å². The molecule has 3 fully saturated rings. The summed E-state index contributed by atoms with van der Waals surface area (Å²) < 4.78 is 13.5.